The summed E-state index contributed by atoms with van der Waals surface area (Å²) in [5.74, 6) is -2.97. The molecule has 35 heavy (non-hydrogen) atoms. The molecular formula is C21H20Br2FN3O6S2. The Labute approximate surface area is 218 Å². The fourth-order valence-electron chi connectivity index (χ4n) is 4.03. The van der Waals surface area contributed by atoms with Crippen LogP contribution in [0.15, 0.2) is 49.1 Å². The fourth-order valence-corrected chi connectivity index (χ4v) is 8.12. The van der Waals surface area contributed by atoms with Crippen LogP contribution in [0.1, 0.15) is 24.8 Å². The molecule has 2 N–H and O–H groups in total. The number of carbonyl (C=O) groups is 2. The van der Waals surface area contributed by atoms with E-state index in [0.717, 1.165) is 12.1 Å². The monoisotopic (exact) mass is 651 g/mol. The lowest BCUT2D eigenvalue weighted by molar-refractivity contribution is -0.124. The number of sulfonamides is 2. The van der Waals surface area contributed by atoms with Gasteiger partial charge in [-0.05, 0) is 71.1 Å². The zero-order valence-corrected chi connectivity index (χ0v) is 22.9. The number of halogens is 3. The van der Waals surface area contributed by atoms with Crippen LogP contribution in [-0.2, 0) is 36.1 Å². The number of carbonyl (C=O) groups excluding carboxylic acids is 2. The van der Waals surface area contributed by atoms with Crippen molar-refractivity contribution in [1.29, 1.82) is 0 Å². The number of anilines is 1. The fraction of sp³-hybridized carbons (Fsp3) is 0.333. The zero-order valence-electron chi connectivity index (χ0n) is 18.1. The van der Waals surface area contributed by atoms with Crippen LogP contribution in [0, 0.1) is 11.7 Å². The largest absolute Gasteiger partial charge is 0.326 e. The van der Waals surface area contributed by atoms with Crippen molar-refractivity contribution in [3.8, 4) is 0 Å². The molecule has 1 fully saturated rings. The van der Waals surface area contributed by atoms with Gasteiger partial charge in [-0.1, -0.05) is 15.9 Å². The molecule has 0 spiro atoms. The van der Waals surface area contributed by atoms with Crippen LogP contribution in [-0.4, -0.2) is 46.0 Å². The van der Waals surface area contributed by atoms with Gasteiger partial charge in [-0.2, -0.15) is 4.31 Å². The molecule has 0 bridgehead atoms. The SMILES string of the molecule is O=C1CCc2cc(S(=O)(=O)NC(=O)C3CCN(S(=O)(=O)c4cc(Br)ccc4Br)CC3)c(F)cc2N1. The molecule has 188 valence electrons. The van der Waals surface area contributed by atoms with E-state index in [1.807, 2.05) is 4.72 Å². The van der Waals surface area contributed by atoms with E-state index in [2.05, 4.69) is 37.2 Å². The highest BCUT2D eigenvalue weighted by Gasteiger charge is 2.35. The number of aryl methyl sites for hydroxylation is 1. The predicted molar refractivity (Wildman–Crippen MR) is 132 cm³/mol. The highest BCUT2D eigenvalue weighted by atomic mass is 79.9. The molecule has 0 radical (unpaired) electrons. The molecular weight excluding hydrogens is 633 g/mol. The third-order valence-electron chi connectivity index (χ3n) is 5.91. The molecule has 2 aliphatic heterocycles. The summed E-state index contributed by atoms with van der Waals surface area (Å²) < 4.78 is 70.3. The lowest BCUT2D eigenvalue weighted by atomic mass is 9.98. The number of amides is 2. The number of benzene rings is 2. The van der Waals surface area contributed by atoms with E-state index in [4.69, 9.17) is 0 Å². The van der Waals surface area contributed by atoms with Gasteiger partial charge in [-0.25, -0.2) is 25.9 Å². The van der Waals surface area contributed by atoms with E-state index in [1.54, 1.807) is 12.1 Å². The standard InChI is InChI=1S/C21H20Br2FN3O6S2/c22-14-2-3-15(23)18(10-14)35(32,33)27-7-5-12(6-8-27)21(29)26-34(30,31)19-9-13-1-4-20(28)25-17(13)11-16(19)24/h2-3,9-12H,1,4-8H2,(H,25,28)(H,26,29). The number of hydrogen-bond acceptors (Lipinski definition) is 6. The molecule has 0 unspecified atom stereocenters. The number of nitrogens with one attached hydrogen (secondary N) is 2. The first-order valence-electron chi connectivity index (χ1n) is 10.5. The zero-order chi connectivity index (χ0) is 25.5. The summed E-state index contributed by atoms with van der Waals surface area (Å²) in [7, 11) is -8.35. The molecule has 2 aromatic rings. The molecule has 0 saturated carbocycles. The second-order valence-corrected chi connectivity index (χ2v) is 13.5. The summed E-state index contributed by atoms with van der Waals surface area (Å²) in [4.78, 5) is 23.6. The minimum Gasteiger partial charge on any atom is -0.326 e. The van der Waals surface area contributed by atoms with Crippen LogP contribution >= 0.6 is 31.9 Å². The van der Waals surface area contributed by atoms with Crippen LogP contribution < -0.4 is 10.0 Å². The van der Waals surface area contributed by atoms with Crippen molar-refractivity contribution in [2.45, 2.75) is 35.5 Å². The number of rotatable bonds is 5. The van der Waals surface area contributed by atoms with Gasteiger partial charge in [0.05, 0.1) is 4.90 Å². The lowest BCUT2D eigenvalue weighted by Crippen LogP contribution is -2.44. The molecule has 0 aliphatic carbocycles. The Morgan fingerprint density at radius 1 is 1.03 bits per heavy atom. The van der Waals surface area contributed by atoms with Crippen molar-refractivity contribution >= 4 is 69.4 Å². The summed E-state index contributed by atoms with van der Waals surface area (Å²) in [6.45, 7) is 0.0403. The molecule has 1 saturated heterocycles. The number of fused-ring (bicyclic) bond motifs is 1. The summed E-state index contributed by atoms with van der Waals surface area (Å²) in [5, 5.41) is 2.49. The normalized spacial score (nSPS) is 17.5. The average molecular weight is 653 g/mol. The first-order valence-corrected chi connectivity index (χ1v) is 15.0. The van der Waals surface area contributed by atoms with Crippen molar-refractivity contribution in [1.82, 2.24) is 9.03 Å². The summed E-state index contributed by atoms with van der Waals surface area (Å²) in [6.07, 6.45) is 0.594. The Morgan fingerprint density at radius 3 is 2.40 bits per heavy atom. The number of nitrogens with zero attached hydrogens (tertiary/aromatic N) is 1. The van der Waals surface area contributed by atoms with E-state index in [1.165, 1.54) is 10.4 Å². The third kappa shape index (κ3) is 5.45. The van der Waals surface area contributed by atoms with Gasteiger partial charge in [0.1, 0.15) is 10.7 Å². The van der Waals surface area contributed by atoms with E-state index in [0.29, 0.717) is 14.5 Å². The van der Waals surface area contributed by atoms with Crippen LogP contribution in [0.25, 0.3) is 0 Å². The van der Waals surface area contributed by atoms with Gasteiger partial charge >= 0.3 is 0 Å². The number of hydrogen-bond donors (Lipinski definition) is 2. The maximum Gasteiger partial charge on any atom is 0.266 e. The highest BCUT2D eigenvalue weighted by Crippen LogP contribution is 2.32. The van der Waals surface area contributed by atoms with Crippen molar-refractivity contribution in [3.05, 3.63) is 50.7 Å². The molecule has 2 aliphatic rings. The van der Waals surface area contributed by atoms with Gasteiger partial charge in [0.15, 0.2) is 0 Å². The van der Waals surface area contributed by atoms with E-state index < -0.39 is 42.6 Å². The summed E-state index contributed by atoms with van der Waals surface area (Å²) >= 11 is 6.50. The number of piperidine rings is 1. The Morgan fingerprint density at radius 2 is 1.71 bits per heavy atom. The van der Waals surface area contributed by atoms with E-state index in [9.17, 15) is 30.8 Å². The van der Waals surface area contributed by atoms with Gasteiger partial charge in [-0.3, -0.25) is 9.59 Å². The topological polar surface area (TPSA) is 130 Å². The molecule has 2 amide bonds. The molecule has 2 aromatic carbocycles. The molecule has 14 heteroatoms. The maximum atomic E-state index is 14.5. The van der Waals surface area contributed by atoms with Crippen molar-refractivity contribution in [2.24, 2.45) is 5.92 Å². The second-order valence-electron chi connectivity index (χ2n) is 8.21. The minimum absolute atomic E-state index is 0.0202. The predicted octanol–water partition coefficient (Wildman–Crippen LogP) is 3.14. The van der Waals surface area contributed by atoms with E-state index >= 15 is 0 Å². The molecule has 0 aromatic heterocycles. The van der Waals surface area contributed by atoms with Crippen LogP contribution in [0.3, 0.4) is 0 Å². The van der Waals surface area contributed by atoms with Crippen LogP contribution in [0.5, 0.6) is 0 Å². The molecule has 9 nitrogen and oxygen atoms in total. The maximum absolute atomic E-state index is 14.5. The van der Waals surface area contributed by atoms with Crippen molar-refractivity contribution < 1.29 is 30.8 Å². The van der Waals surface area contributed by atoms with Gasteiger partial charge in [-0.15, -0.1) is 0 Å². The van der Waals surface area contributed by atoms with Crippen LogP contribution in [0.4, 0.5) is 10.1 Å². The lowest BCUT2D eigenvalue weighted by Gasteiger charge is -2.30. The van der Waals surface area contributed by atoms with E-state index in [-0.39, 0.29) is 55.3 Å². The van der Waals surface area contributed by atoms with Gasteiger partial charge in [0.25, 0.3) is 10.0 Å². The van der Waals surface area contributed by atoms with Gasteiger partial charge in [0, 0.05) is 40.1 Å². The van der Waals surface area contributed by atoms with Gasteiger partial charge < -0.3 is 5.32 Å². The van der Waals surface area contributed by atoms with Gasteiger partial charge in [0.2, 0.25) is 21.8 Å². The molecule has 0 atom stereocenters. The Hall–Kier alpha value is -1.87. The Balaban J connectivity index is 1.45. The van der Waals surface area contributed by atoms with Crippen LogP contribution in [0.2, 0.25) is 0 Å². The van der Waals surface area contributed by atoms with Crippen molar-refractivity contribution in [2.75, 3.05) is 18.4 Å². The minimum atomic E-state index is -4.51. The highest BCUT2D eigenvalue weighted by molar-refractivity contribution is 9.11. The third-order valence-corrected chi connectivity index (χ3v) is 10.7. The second kappa shape index (κ2) is 9.88. The first-order chi connectivity index (χ1) is 16.4. The molecule has 2 heterocycles. The molecule has 4 rings (SSSR count). The average Bonchev–Trinajstić information content (AvgIpc) is 2.79. The summed E-state index contributed by atoms with van der Waals surface area (Å²) in [6, 6.07) is 6.82. The smallest absolute Gasteiger partial charge is 0.266 e. The summed E-state index contributed by atoms with van der Waals surface area (Å²) in [5.41, 5.74) is 0.658. The quantitative estimate of drug-likeness (QED) is 0.511. The van der Waals surface area contributed by atoms with Crippen molar-refractivity contribution in [3.63, 3.8) is 0 Å². The Bertz CT molecular complexity index is 1420. The Kier molecular flexibility index (Phi) is 7.40. The first kappa shape index (κ1) is 26.2.